The zero-order chi connectivity index (χ0) is 30.5. The monoisotopic (exact) mass is 602 g/mol. The van der Waals surface area contributed by atoms with Gasteiger partial charge in [0.2, 0.25) is 11.8 Å². The lowest BCUT2D eigenvalue weighted by atomic mass is 9.72. The predicted octanol–water partition coefficient (Wildman–Crippen LogP) is 5.66. The molecule has 2 saturated heterocycles. The highest BCUT2D eigenvalue weighted by Gasteiger charge is 2.39. The van der Waals surface area contributed by atoms with Crippen LogP contribution in [0, 0.1) is 5.41 Å². The summed E-state index contributed by atoms with van der Waals surface area (Å²) >= 11 is 6.22. The third-order valence-corrected chi connectivity index (χ3v) is 10.2. The molecule has 3 amide bonds. The molecule has 2 aromatic rings. The van der Waals surface area contributed by atoms with Crippen molar-refractivity contribution in [2.75, 3.05) is 19.6 Å². The highest BCUT2D eigenvalue weighted by molar-refractivity contribution is 6.30. The van der Waals surface area contributed by atoms with Crippen LogP contribution in [0.1, 0.15) is 86.8 Å². The number of piperazine rings is 1. The fourth-order valence-electron chi connectivity index (χ4n) is 7.58. The number of imide groups is 1. The number of fused-ring (bicyclic) bond motifs is 1. The smallest absolute Gasteiger partial charge is 0.255 e. The van der Waals surface area contributed by atoms with Gasteiger partial charge < -0.3 is 4.90 Å². The number of rotatable bonds is 6. The summed E-state index contributed by atoms with van der Waals surface area (Å²) in [6.45, 7) is 13.7. The minimum Gasteiger partial charge on any atom is -0.322 e. The average molecular weight is 603 g/mol. The van der Waals surface area contributed by atoms with Crippen molar-refractivity contribution in [2.45, 2.75) is 91.0 Å². The van der Waals surface area contributed by atoms with Crippen LogP contribution in [-0.4, -0.2) is 70.2 Å². The number of hydrogen-bond donors (Lipinski definition) is 1. The fraction of sp³-hybridized carbons (Fsp3) is 0.514. The van der Waals surface area contributed by atoms with Gasteiger partial charge in [0.1, 0.15) is 6.04 Å². The lowest BCUT2D eigenvalue weighted by molar-refractivity contribution is -0.136. The summed E-state index contributed by atoms with van der Waals surface area (Å²) in [5.41, 5.74) is 7.48. The Balaban J connectivity index is 1.12. The summed E-state index contributed by atoms with van der Waals surface area (Å²) in [6.07, 6.45) is 4.09. The Morgan fingerprint density at radius 2 is 1.67 bits per heavy atom. The van der Waals surface area contributed by atoms with Crippen molar-refractivity contribution in [1.82, 2.24) is 20.0 Å². The van der Waals surface area contributed by atoms with E-state index in [2.05, 4.69) is 67.1 Å². The lowest BCUT2D eigenvalue weighted by Gasteiger charge is -2.46. The van der Waals surface area contributed by atoms with Crippen LogP contribution < -0.4 is 5.32 Å². The Morgan fingerprint density at radius 3 is 2.37 bits per heavy atom. The number of piperidine rings is 1. The van der Waals surface area contributed by atoms with Crippen molar-refractivity contribution >= 4 is 34.9 Å². The fourth-order valence-corrected chi connectivity index (χ4v) is 7.70. The third kappa shape index (κ3) is 6.31. The lowest BCUT2D eigenvalue weighted by Crippen LogP contribution is -2.56. The Bertz CT molecular complexity index is 1450. The second-order valence-corrected chi connectivity index (χ2v) is 14.3. The molecule has 1 N–H and O–H groups in total. The van der Waals surface area contributed by atoms with E-state index in [0.717, 1.165) is 49.6 Å². The largest absolute Gasteiger partial charge is 0.322 e. The standard InChI is InChI=1S/C35H43ClN4O3/c1-22-17-38(19-24-5-10-29-27(15-24)21-40(34(29)43)31-11-12-32(41)37-33(31)42)18-23(2)39(22)20-26-13-14-35(3,4)16-30(26)25-6-8-28(36)9-7-25/h5-10,15,22-23,31H,11-14,16-21H2,1-4H3,(H,37,41,42). The zero-order valence-electron chi connectivity index (χ0n) is 25.8. The van der Waals surface area contributed by atoms with Crippen LogP contribution in [-0.2, 0) is 22.7 Å². The average Bonchev–Trinajstić information content (AvgIpc) is 3.26. The highest BCUT2D eigenvalue weighted by atomic mass is 35.5. The number of nitrogens with one attached hydrogen (secondary N) is 1. The first-order valence-corrected chi connectivity index (χ1v) is 16.1. The molecule has 3 unspecified atom stereocenters. The van der Waals surface area contributed by atoms with Gasteiger partial charge in [0.25, 0.3) is 5.91 Å². The van der Waals surface area contributed by atoms with E-state index >= 15 is 0 Å². The van der Waals surface area contributed by atoms with E-state index in [-0.39, 0.29) is 24.1 Å². The summed E-state index contributed by atoms with van der Waals surface area (Å²) < 4.78 is 0. The summed E-state index contributed by atoms with van der Waals surface area (Å²) in [6, 6.07) is 14.7. The SMILES string of the molecule is CC1CN(Cc2ccc3c(c2)CN(C2CCC(=O)NC2=O)C3=O)CC(C)N1CC1=C(c2ccc(Cl)cc2)CC(C)(C)CC1. The Labute approximate surface area is 260 Å². The molecule has 0 spiro atoms. The van der Waals surface area contributed by atoms with E-state index in [1.807, 2.05) is 18.2 Å². The first kappa shape index (κ1) is 30.0. The molecule has 0 radical (unpaired) electrons. The van der Waals surface area contributed by atoms with E-state index < -0.39 is 6.04 Å². The molecule has 0 aromatic heterocycles. The van der Waals surface area contributed by atoms with Crippen molar-refractivity contribution in [3.05, 3.63) is 75.3 Å². The summed E-state index contributed by atoms with van der Waals surface area (Å²) in [4.78, 5) is 44.0. The maximum atomic E-state index is 13.1. The van der Waals surface area contributed by atoms with Crippen LogP contribution in [0.25, 0.3) is 5.57 Å². The first-order chi connectivity index (χ1) is 20.5. The van der Waals surface area contributed by atoms with Gasteiger partial charge in [-0.05, 0) is 85.4 Å². The van der Waals surface area contributed by atoms with Gasteiger partial charge in [-0.3, -0.25) is 29.5 Å². The van der Waals surface area contributed by atoms with Crippen LogP contribution >= 0.6 is 11.6 Å². The Morgan fingerprint density at radius 1 is 0.953 bits per heavy atom. The molecule has 3 heterocycles. The predicted molar refractivity (Wildman–Crippen MR) is 169 cm³/mol. The number of allylic oxidation sites excluding steroid dienone is 1. The van der Waals surface area contributed by atoms with Crippen molar-refractivity contribution in [3.8, 4) is 0 Å². The molecule has 4 aliphatic rings. The number of amides is 3. The maximum absolute atomic E-state index is 13.1. The van der Waals surface area contributed by atoms with Gasteiger partial charge in [0.15, 0.2) is 0 Å². The molecule has 228 valence electrons. The highest BCUT2D eigenvalue weighted by Crippen LogP contribution is 2.43. The number of hydrogen-bond acceptors (Lipinski definition) is 5. The number of carbonyl (C=O) groups is 3. The van der Waals surface area contributed by atoms with Crippen LogP contribution in [0.5, 0.6) is 0 Å². The van der Waals surface area contributed by atoms with Gasteiger partial charge in [-0.15, -0.1) is 0 Å². The molecular weight excluding hydrogens is 560 g/mol. The van der Waals surface area contributed by atoms with Crippen LogP contribution in [0.15, 0.2) is 48.0 Å². The topological polar surface area (TPSA) is 73.0 Å². The van der Waals surface area contributed by atoms with Crippen molar-refractivity contribution in [1.29, 1.82) is 0 Å². The Hall–Kier alpha value is -3.00. The van der Waals surface area contributed by atoms with Crippen LogP contribution in [0.4, 0.5) is 0 Å². The number of halogens is 1. The quantitative estimate of drug-likeness (QED) is 0.432. The molecule has 2 aromatic carbocycles. The zero-order valence-corrected chi connectivity index (χ0v) is 26.5. The van der Waals surface area contributed by atoms with Gasteiger partial charge >= 0.3 is 0 Å². The molecular formula is C35H43ClN4O3. The molecule has 3 atom stereocenters. The summed E-state index contributed by atoms with van der Waals surface area (Å²) in [5, 5.41) is 3.16. The van der Waals surface area contributed by atoms with Crippen molar-refractivity contribution in [3.63, 3.8) is 0 Å². The van der Waals surface area contributed by atoms with Crippen LogP contribution in [0.2, 0.25) is 5.02 Å². The van der Waals surface area contributed by atoms with Gasteiger partial charge in [-0.1, -0.05) is 55.3 Å². The summed E-state index contributed by atoms with van der Waals surface area (Å²) in [5.74, 6) is -0.755. The van der Waals surface area contributed by atoms with E-state index in [0.29, 0.717) is 36.0 Å². The van der Waals surface area contributed by atoms with E-state index in [1.54, 1.807) is 10.5 Å². The van der Waals surface area contributed by atoms with Gasteiger partial charge in [-0.2, -0.15) is 0 Å². The molecule has 1 aliphatic carbocycles. The van der Waals surface area contributed by atoms with E-state index in [4.69, 9.17) is 11.6 Å². The van der Waals surface area contributed by atoms with Crippen molar-refractivity contribution < 1.29 is 14.4 Å². The number of benzene rings is 2. The summed E-state index contributed by atoms with van der Waals surface area (Å²) in [7, 11) is 0. The first-order valence-electron chi connectivity index (χ1n) is 15.7. The number of nitrogens with zero attached hydrogens (tertiary/aromatic N) is 3. The molecule has 3 aliphatic heterocycles. The van der Waals surface area contributed by atoms with Gasteiger partial charge in [-0.25, -0.2) is 0 Å². The normalized spacial score (nSPS) is 26.6. The van der Waals surface area contributed by atoms with Gasteiger partial charge in [0, 0.05) is 61.8 Å². The van der Waals surface area contributed by atoms with Crippen molar-refractivity contribution in [2.24, 2.45) is 5.41 Å². The Kier molecular flexibility index (Phi) is 8.26. The molecule has 2 fully saturated rings. The minimum absolute atomic E-state index is 0.120. The molecule has 0 saturated carbocycles. The second-order valence-electron chi connectivity index (χ2n) is 13.9. The minimum atomic E-state index is -0.582. The maximum Gasteiger partial charge on any atom is 0.255 e. The molecule has 6 rings (SSSR count). The molecule has 7 nitrogen and oxygen atoms in total. The molecule has 0 bridgehead atoms. The molecule has 43 heavy (non-hydrogen) atoms. The van der Waals surface area contributed by atoms with Gasteiger partial charge in [0.05, 0.1) is 0 Å². The van der Waals surface area contributed by atoms with E-state index in [1.165, 1.54) is 23.1 Å². The number of carbonyl (C=O) groups excluding carboxylic acids is 3. The van der Waals surface area contributed by atoms with E-state index in [9.17, 15) is 14.4 Å². The second kappa shape index (κ2) is 11.8. The molecule has 8 heteroatoms. The van der Waals surface area contributed by atoms with Crippen LogP contribution in [0.3, 0.4) is 0 Å². The third-order valence-electron chi connectivity index (χ3n) is 9.92.